The van der Waals surface area contributed by atoms with Gasteiger partial charge in [-0.1, -0.05) is 30.3 Å². The topological polar surface area (TPSA) is 98.5 Å². The van der Waals surface area contributed by atoms with Crippen molar-refractivity contribution in [1.29, 1.82) is 0 Å². The molecule has 7 nitrogen and oxygen atoms in total. The van der Waals surface area contributed by atoms with Crippen molar-refractivity contribution in [2.45, 2.75) is 80.9 Å². The van der Waals surface area contributed by atoms with Crippen LogP contribution in [0.4, 0.5) is 0 Å². The van der Waals surface area contributed by atoms with Gasteiger partial charge in [0.05, 0.1) is 17.7 Å². The zero-order valence-corrected chi connectivity index (χ0v) is 20.8. The third-order valence-electron chi connectivity index (χ3n) is 8.01. The summed E-state index contributed by atoms with van der Waals surface area (Å²) in [5.74, 6) is 0.916. The smallest absolute Gasteiger partial charge is 0.314 e. The summed E-state index contributed by atoms with van der Waals surface area (Å²) in [6.45, 7) is 3.17. The number of carboxylic acids is 1. The molecule has 0 radical (unpaired) electrons. The van der Waals surface area contributed by atoms with Gasteiger partial charge in [-0.05, 0) is 75.7 Å². The van der Waals surface area contributed by atoms with Gasteiger partial charge in [0.2, 0.25) is 0 Å². The number of aliphatic carboxylic acids is 1. The second kappa shape index (κ2) is 8.48. The fraction of sp³-hybridized carbons (Fsp3) is 0.615. The molecule has 0 bridgehead atoms. The van der Waals surface area contributed by atoms with Crippen molar-refractivity contribution >= 4 is 15.8 Å². The zero-order chi connectivity index (χ0) is 24.1. The Morgan fingerprint density at radius 3 is 2.24 bits per heavy atom. The number of imidazole rings is 1. The summed E-state index contributed by atoms with van der Waals surface area (Å²) in [5.41, 5.74) is -0.278. The number of ether oxygens (including phenoxy) is 1. The van der Waals surface area contributed by atoms with E-state index in [2.05, 4.69) is 4.57 Å². The van der Waals surface area contributed by atoms with Gasteiger partial charge in [-0.15, -0.1) is 0 Å². The summed E-state index contributed by atoms with van der Waals surface area (Å²) in [5, 5.41) is 10.4. The summed E-state index contributed by atoms with van der Waals surface area (Å²) in [4.78, 5) is 17.3. The van der Waals surface area contributed by atoms with Crippen molar-refractivity contribution < 1.29 is 23.1 Å². The average Bonchev–Trinajstić information content (AvgIpc) is 3.73. The van der Waals surface area contributed by atoms with Crippen LogP contribution in [0.25, 0.3) is 0 Å². The molecule has 3 aliphatic rings. The van der Waals surface area contributed by atoms with E-state index < -0.39 is 26.8 Å². The van der Waals surface area contributed by atoms with Crippen LogP contribution in [0.2, 0.25) is 0 Å². The molecule has 3 saturated carbocycles. The number of benzene rings is 1. The highest BCUT2D eigenvalue weighted by atomic mass is 32.2. The first-order valence-corrected chi connectivity index (χ1v) is 14.2. The van der Waals surface area contributed by atoms with E-state index in [0.717, 1.165) is 37.8 Å². The van der Waals surface area contributed by atoms with Crippen molar-refractivity contribution in [3.63, 3.8) is 0 Å². The lowest BCUT2D eigenvalue weighted by molar-refractivity contribution is -0.151. The van der Waals surface area contributed by atoms with E-state index in [9.17, 15) is 18.3 Å². The number of carbonyl (C=O) groups is 1. The molecule has 34 heavy (non-hydrogen) atoms. The second-order valence-electron chi connectivity index (χ2n) is 10.7. The summed E-state index contributed by atoms with van der Waals surface area (Å²) in [7, 11) is -3.50. The molecule has 184 valence electrons. The van der Waals surface area contributed by atoms with Crippen LogP contribution in [0.5, 0.6) is 0 Å². The van der Waals surface area contributed by atoms with Crippen LogP contribution in [-0.2, 0) is 36.9 Å². The zero-order valence-electron chi connectivity index (χ0n) is 20.0. The van der Waals surface area contributed by atoms with E-state index in [4.69, 9.17) is 9.72 Å². The van der Waals surface area contributed by atoms with Crippen LogP contribution in [-0.4, -0.2) is 41.9 Å². The Morgan fingerprint density at radius 2 is 1.71 bits per heavy atom. The lowest BCUT2D eigenvalue weighted by atomic mass is 9.65. The molecule has 1 aromatic carbocycles. The number of nitrogens with zero attached hydrogens (tertiary/aromatic N) is 2. The van der Waals surface area contributed by atoms with E-state index in [0.29, 0.717) is 55.6 Å². The first-order valence-electron chi connectivity index (χ1n) is 12.4. The maximum Gasteiger partial charge on any atom is 0.314 e. The Hall–Kier alpha value is -2.19. The number of hydrogen-bond donors (Lipinski definition) is 1. The third-order valence-corrected chi connectivity index (χ3v) is 9.10. The Bertz CT molecular complexity index is 1170. The predicted molar refractivity (Wildman–Crippen MR) is 127 cm³/mol. The molecule has 3 fully saturated rings. The molecule has 0 spiro atoms. The molecule has 1 N–H and O–H groups in total. The second-order valence-corrected chi connectivity index (χ2v) is 12.6. The summed E-state index contributed by atoms with van der Waals surface area (Å²) >= 11 is 0. The first kappa shape index (κ1) is 23.5. The van der Waals surface area contributed by atoms with Gasteiger partial charge in [-0.3, -0.25) is 4.79 Å². The van der Waals surface area contributed by atoms with Crippen LogP contribution in [0.15, 0.2) is 35.4 Å². The van der Waals surface area contributed by atoms with E-state index >= 15 is 0 Å². The summed E-state index contributed by atoms with van der Waals surface area (Å²) in [6, 6.07) is 9.46. The molecule has 8 heteroatoms. The highest BCUT2D eigenvalue weighted by Crippen LogP contribution is 2.50. The molecule has 0 amide bonds. The van der Waals surface area contributed by atoms with Gasteiger partial charge in [-0.2, -0.15) is 0 Å². The van der Waals surface area contributed by atoms with Gasteiger partial charge in [0.25, 0.3) is 0 Å². The van der Waals surface area contributed by atoms with Gasteiger partial charge >= 0.3 is 5.97 Å². The lowest BCUT2D eigenvalue weighted by Crippen LogP contribution is -2.47. The van der Waals surface area contributed by atoms with Gasteiger partial charge in [0.1, 0.15) is 11.4 Å². The highest BCUT2D eigenvalue weighted by Gasteiger charge is 2.52. The molecule has 2 aromatic rings. The monoisotopic (exact) mass is 486 g/mol. The molecule has 3 aliphatic carbocycles. The van der Waals surface area contributed by atoms with Crippen molar-refractivity contribution in [2.75, 3.05) is 12.9 Å². The Kier molecular flexibility index (Phi) is 5.88. The van der Waals surface area contributed by atoms with E-state index in [-0.39, 0.29) is 5.03 Å². The first-order chi connectivity index (χ1) is 16.1. The van der Waals surface area contributed by atoms with Gasteiger partial charge in [0.15, 0.2) is 14.9 Å². The minimum absolute atomic E-state index is 0.121. The van der Waals surface area contributed by atoms with Crippen LogP contribution < -0.4 is 0 Å². The van der Waals surface area contributed by atoms with Gasteiger partial charge < -0.3 is 14.4 Å². The molecule has 0 atom stereocenters. The Morgan fingerprint density at radius 1 is 1.09 bits per heavy atom. The Balaban J connectivity index is 1.56. The largest absolute Gasteiger partial charge is 0.481 e. The Labute approximate surface area is 201 Å². The number of rotatable bonds is 9. The molecule has 0 aliphatic heterocycles. The predicted octanol–water partition coefficient (Wildman–Crippen LogP) is 4.22. The lowest BCUT2D eigenvalue weighted by Gasteiger charge is -2.44. The average molecular weight is 487 g/mol. The quantitative estimate of drug-likeness (QED) is 0.570. The maximum atomic E-state index is 12.6. The molecule has 1 aromatic heterocycles. The van der Waals surface area contributed by atoms with Crippen molar-refractivity contribution in [2.24, 2.45) is 11.8 Å². The SMILES string of the molecule is Cc1c(S(C)(=O)=O)nc(C2(OCC3CC3)CCC(C(=O)O)(c3ccccc3)CC2)n1CC1CC1. The molecule has 0 unspecified atom stereocenters. The molecule has 0 saturated heterocycles. The van der Waals surface area contributed by atoms with Gasteiger partial charge in [0, 0.05) is 12.8 Å². The normalized spacial score (nSPS) is 27.6. The van der Waals surface area contributed by atoms with Crippen LogP contribution >= 0.6 is 0 Å². The molecule has 1 heterocycles. The minimum Gasteiger partial charge on any atom is -0.481 e. The van der Waals surface area contributed by atoms with Gasteiger partial charge in [-0.25, -0.2) is 13.4 Å². The van der Waals surface area contributed by atoms with E-state index in [1.165, 1.54) is 6.26 Å². The molecular formula is C26H34N2O5S. The van der Waals surface area contributed by atoms with E-state index in [1.807, 2.05) is 37.3 Å². The van der Waals surface area contributed by atoms with Crippen molar-refractivity contribution in [3.05, 3.63) is 47.4 Å². The van der Waals surface area contributed by atoms with E-state index in [1.54, 1.807) is 0 Å². The number of hydrogen-bond acceptors (Lipinski definition) is 5. The number of carboxylic acid groups (broad SMARTS) is 1. The van der Waals surface area contributed by atoms with Crippen molar-refractivity contribution in [1.82, 2.24) is 9.55 Å². The van der Waals surface area contributed by atoms with Crippen LogP contribution in [0.3, 0.4) is 0 Å². The highest BCUT2D eigenvalue weighted by molar-refractivity contribution is 7.90. The number of sulfone groups is 1. The fourth-order valence-corrected chi connectivity index (χ4v) is 6.35. The summed E-state index contributed by atoms with van der Waals surface area (Å²) < 4.78 is 33.8. The maximum absolute atomic E-state index is 12.6. The van der Waals surface area contributed by atoms with Crippen LogP contribution in [0.1, 0.15) is 68.4 Å². The van der Waals surface area contributed by atoms with Crippen molar-refractivity contribution in [3.8, 4) is 0 Å². The minimum atomic E-state index is -3.50. The molecular weight excluding hydrogens is 452 g/mol. The molecule has 5 rings (SSSR count). The third kappa shape index (κ3) is 4.31. The standard InChI is InChI=1S/C26H34N2O5S/c1-18-22(34(2,31)32)27-23(28(18)16-19-8-9-19)26(33-17-20-10-11-20)14-12-25(13-15-26,24(29)30)21-6-4-3-5-7-21/h3-7,19-20H,8-17H2,1-2H3,(H,29,30). The fourth-order valence-electron chi connectivity index (χ4n) is 5.45. The summed E-state index contributed by atoms with van der Waals surface area (Å²) in [6.07, 6.45) is 7.58. The number of aromatic nitrogens is 2. The van der Waals surface area contributed by atoms with Crippen LogP contribution in [0, 0.1) is 18.8 Å².